The van der Waals surface area contributed by atoms with Crippen LogP contribution in [-0.2, 0) is 29.2 Å². The summed E-state index contributed by atoms with van der Waals surface area (Å²) in [6.07, 6.45) is 5.49. The van der Waals surface area contributed by atoms with Gasteiger partial charge in [-0.2, -0.15) is 0 Å². The third-order valence-electron chi connectivity index (χ3n) is 10.4. The molecule has 14 heteroatoms. The van der Waals surface area contributed by atoms with Crippen LogP contribution in [0.15, 0.2) is 72.4 Å². The van der Waals surface area contributed by atoms with Crippen LogP contribution >= 0.6 is 0 Å². The van der Waals surface area contributed by atoms with E-state index >= 15 is 0 Å². The quantitative estimate of drug-likeness (QED) is 0.322. The van der Waals surface area contributed by atoms with Gasteiger partial charge >= 0.3 is 6.03 Å². The first-order valence-corrected chi connectivity index (χ1v) is 19.2. The third kappa shape index (κ3) is 6.59. The lowest BCUT2D eigenvalue weighted by atomic mass is 9.91. The second kappa shape index (κ2) is 13.2. The minimum atomic E-state index is -3.89. The number of amides is 5. The summed E-state index contributed by atoms with van der Waals surface area (Å²) >= 11 is 0. The molecule has 5 amide bonds. The van der Waals surface area contributed by atoms with E-state index in [-0.39, 0.29) is 32.4 Å². The van der Waals surface area contributed by atoms with E-state index in [1.807, 2.05) is 42.5 Å². The number of imide groups is 1. The molecule has 2 aromatic rings. The van der Waals surface area contributed by atoms with Gasteiger partial charge in [-0.15, -0.1) is 6.58 Å². The molecule has 0 unspecified atom stereocenters. The van der Waals surface area contributed by atoms with Crippen molar-refractivity contribution in [3.63, 3.8) is 0 Å². The van der Waals surface area contributed by atoms with Crippen LogP contribution in [0.1, 0.15) is 64.0 Å². The lowest BCUT2D eigenvalue weighted by Gasteiger charge is -2.36. The van der Waals surface area contributed by atoms with Gasteiger partial charge in [-0.05, 0) is 88.3 Å². The Morgan fingerprint density at radius 2 is 1.77 bits per heavy atom. The van der Waals surface area contributed by atoms with Crippen molar-refractivity contribution in [3.8, 4) is 16.9 Å². The van der Waals surface area contributed by atoms with E-state index in [0.717, 1.165) is 27.2 Å². The lowest BCUT2D eigenvalue weighted by molar-refractivity contribution is -0.142. The summed E-state index contributed by atoms with van der Waals surface area (Å²) < 4.78 is 33.5. The molecule has 7 rings (SSSR count). The van der Waals surface area contributed by atoms with Gasteiger partial charge in [0, 0.05) is 29.1 Å². The van der Waals surface area contributed by atoms with Crippen LogP contribution in [0.3, 0.4) is 0 Å². The zero-order valence-corrected chi connectivity index (χ0v) is 30.2. The Morgan fingerprint density at radius 3 is 2.46 bits per heavy atom. The first-order valence-electron chi connectivity index (χ1n) is 17.6. The Hall–Kier alpha value is -4.98. The summed E-state index contributed by atoms with van der Waals surface area (Å²) in [5.74, 6) is -3.98. The Bertz CT molecular complexity index is 2020. The van der Waals surface area contributed by atoms with Crippen molar-refractivity contribution in [3.05, 3.63) is 78.4 Å². The summed E-state index contributed by atoms with van der Waals surface area (Å²) in [5.41, 5.74) is 1.69. The lowest BCUT2D eigenvalue weighted by Crippen LogP contribution is -2.57. The number of oxime groups is 1. The maximum absolute atomic E-state index is 14.5. The van der Waals surface area contributed by atoms with E-state index in [1.165, 1.54) is 6.08 Å². The largest absolute Gasteiger partial charge is 0.490 e. The standard InChI is InChI=1S/C38H43N5O8S/c1-5-22-21-38(22,35(46)42-52(48,49)25-13-14-25)40-33(44)30-19-24-20-31(30)34(45)43(37(2,3)4)36(47)39-16-8-9-17-50-23-12-15-27-26-10-6-7-11-28(26)32(41-51-24)29(27)18-23/h5-12,15,18,22,24-25,30-31H,1,13-14,16-17,19-21H2,2-4H3,(H,39,47)(H,40,44)(H,42,46)/b9-8-,41-32-/t22-,24+,30+,31+,38+/m0/s1. The molecule has 0 radical (unpaired) electrons. The number of carbonyl (C=O) groups excluding carboxylic acids is 4. The molecule has 1 heterocycles. The molecule has 4 aliphatic carbocycles. The topological polar surface area (TPSA) is 173 Å². The molecule has 0 aromatic heterocycles. The van der Waals surface area contributed by atoms with Gasteiger partial charge in [0.2, 0.25) is 21.8 Å². The fourth-order valence-corrected chi connectivity index (χ4v) is 8.79. The first-order chi connectivity index (χ1) is 24.7. The maximum Gasteiger partial charge on any atom is 0.324 e. The van der Waals surface area contributed by atoms with Gasteiger partial charge in [0.15, 0.2) is 0 Å². The van der Waals surface area contributed by atoms with Crippen LogP contribution in [0.5, 0.6) is 5.75 Å². The molecule has 5 atom stereocenters. The predicted octanol–water partition coefficient (Wildman–Crippen LogP) is 3.79. The predicted molar refractivity (Wildman–Crippen MR) is 192 cm³/mol. The van der Waals surface area contributed by atoms with Crippen molar-refractivity contribution in [1.82, 2.24) is 20.3 Å². The van der Waals surface area contributed by atoms with Gasteiger partial charge in [-0.3, -0.25) is 24.0 Å². The van der Waals surface area contributed by atoms with Gasteiger partial charge in [-0.1, -0.05) is 41.6 Å². The molecule has 0 saturated heterocycles. The number of ether oxygens (including phenoxy) is 1. The van der Waals surface area contributed by atoms with Crippen molar-refractivity contribution in [2.45, 2.75) is 75.3 Å². The molecule has 3 saturated carbocycles. The zero-order chi connectivity index (χ0) is 37.0. The number of rotatable bonds is 6. The second-order valence-electron chi connectivity index (χ2n) is 15.1. The van der Waals surface area contributed by atoms with Crippen molar-refractivity contribution in [1.29, 1.82) is 0 Å². The molecule has 3 fully saturated rings. The highest BCUT2D eigenvalue weighted by Crippen LogP contribution is 2.47. The highest BCUT2D eigenvalue weighted by atomic mass is 32.2. The smallest absolute Gasteiger partial charge is 0.324 e. The molecule has 274 valence electrons. The Labute approximate surface area is 302 Å². The average Bonchev–Trinajstić information content (AvgIpc) is 4.00. The van der Waals surface area contributed by atoms with Crippen LogP contribution in [-0.4, -0.2) is 78.4 Å². The van der Waals surface area contributed by atoms with Crippen LogP contribution in [0.25, 0.3) is 11.1 Å². The zero-order valence-electron chi connectivity index (χ0n) is 29.4. The van der Waals surface area contributed by atoms with E-state index < -0.39 is 74.0 Å². The number of hydrogen-bond acceptors (Lipinski definition) is 9. The van der Waals surface area contributed by atoms with Gasteiger partial charge in [0.25, 0.3) is 5.91 Å². The number of hydrogen-bond donors (Lipinski definition) is 3. The number of carbonyl (C=O) groups is 4. The third-order valence-corrected chi connectivity index (χ3v) is 12.2. The highest BCUT2D eigenvalue weighted by molar-refractivity contribution is 7.91. The molecule has 2 aromatic carbocycles. The normalized spacial score (nSPS) is 28.8. The maximum atomic E-state index is 14.5. The molecule has 52 heavy (non-hydrogen) atoms. The minimum Gasteiger partial charge on any atom is -0.490 e. The number of benzene rings is 2. The van der Waals surface area contributed by atoms with Crippen molar-refractivity contribution >= 4 is 39.5 Å². The fraction of sp³-hybridized carbons (Fsp3) is 0.447. The summed E-state index contributed by atoms with van der Waals surface area (Å²) in [6, 6.07) is 12.9. The van der Waals surface area contributed by atoms with Crippen molar-refractivity contribution in [2.24, 2.45) is 22.9 Å². The van der Waals surface area contributed by atoms with E-state index in [0.29, 0.717) is 24.3 Å². The first kappa shape index (κ1) is 35.4. The number of nitrogens with zero attached hydrogens (tertiary/aromatic N) is 2. The van der Waals surface area contributed by atoms with E-state index in [1.54, 1.807) is 32.9 Å². The highest BCUT2D eigenvalue weighted by Gasteiger charge is 2.62. The van der Waals surface area contributed by atoms with E-state index in [2.05, 4.69) is 27.1 Å². The number of nitrogens with one attached hydrogen (secondary N) is 3. The van der Waals surface area contributed by atoms with E-state index in [9.17, 15) is 27.6 Å². The SMILES string of the molecule is C=C[C@H]1C[C@]1(NC(=O)[C@@H]1C[C@@H]2C[C@H]1C(=O)N(C(C)(C)C)C(=O)NC/C=C\COc1ccc3c(c1)/C(=N\O2)c1ccccc1-3)C(=O)NS(=O)(=O)C1CC1. The Balaban J connectivity index is 1.23. The molecule has 13 nitrogen and oxygen atoms in total. The van der Waals surface area contributed by atoms with Crippen molar-refractivity contribution < 1.29 is 37.2 Å². The molecular weight excluding hydrogens is 687 g/mol. The fourth-order valence-electron chi connectivity index (χ4n) is 7.43. The van der Waals surface area contributed by atoms with Crippen LogP contribution in [0, 0.1) is 17.8 Å². The number of fused-ring (bicyclic) bond motifs is 6. The number of sulfonamides is 1. The van der Waals surface area contributed by atoms with Gasteiger partial charge < -0.3 is 20.2 Å². The summed E-state index contributed by atoms with van der Waals surface area (Å²) in [4.78, 5) is 63.1. The Morgan fingerprint density at radius 1 is 1.04 bits per heavy atom. The Kier molecular flexibility index (Phi) is 9.00. The van der Waals surface area contributed by atoms with Gasteiger partial charge in [-0.25, -0.2) is 13.2 Å². The summed E-state index contributed by atoms with van der Waals surface area (Å²) in [7, 11) is -3.89. The number of urea groups is 1. The molecule has 1 aliphatic heterocycles. The van der Waals surface area contributed by atoms with E-state index in [4.69, 9.17) is 9.57 Å². The van der Waals surface area contributed by atoms with Crippen LogP contribution < -0.4 is 20.1 Å². The minimum absolute atomic E-state index is 0.0514. The van der Waals surface area contributed by atoms with Crippen LogP contribution in [0.2, 0.25) is 0 Å². The summed E-state index contributed by atoms with van der Waals surface area (Å²) in [6.45, 7) is 9.33. The average molecular weight is 730 g/mol. The molecular formula is C38H43N5O8S. The molecule has 5 aliphatic rings. The molecule has 3 N–H and O–H groups in total. The van der Waals surface area contributed by atoms with Gasteiger partial charge in [0.05, 0.1) is 17.1 Å². The second-order valence-corrected chi connectivity index (χ2v) is 17.1. The monoisotopic (exact) mass is 729 g/mol. The van der Waals surface area contributed by atoms with Gasteiger partial charge in [0.1, 0.15) is 29.7 Å². The summed E-state index contributed by atoms with van der Waals surface area (Å²) in [5, 5.41) is 9.57. The molecule has 4 bridgehead atoms. The molecule has 0 spiro atoms. The van der Waals surface area contributed by atoms with Crippen LogP contribution in [0.4, 0.5) is 4.79 Å². The van der Waals surface area contributed by atoms with Crippen molar-refractivity contribution in [2.75, 3.05) is 13.2 Å².